The van der Waals surface area contributed by atoms with Crippen LogP contribution in [0.15, 0.2) is 30.6 Å². The molecule has 0 aliphatic heterocycles. The number of rotatable bonds is 5. The number of aromatic nitrogens is 6. The van der Waals surface area contributed by atoms with E-state index in [0.717, 1.165) is 11.0 Å². The molecule has 9 nitrogen and oxygen atoms in total. The lowest BCUT2D eigenvalue weighted by Crippen LogP contribution is -2.07. The number of fused-ring (bicyclic) bond motifs is 2. The maximum atomic E-state index is 8.94. The number of hydrogen-bond acceptors (Lipinski definition) is 7. The first kappa shape index (κ1) is 14.4. The van der Waals surface area contributed by atoms with E-state index in [4.69, 9.17) is 5.11 Å². The summed E-state index contributed by atoms with van der Waals surface area (Å²) in [6.45, 7) is 0.420. The zero-order chi connectivity index (χ0) is 16.5. The van der Waals surface area contributed by atoms with Crippen molar-refractivity contribution >= 4 is 39.9 Å². The predicted octanol–water partition coefficient (Wildman–Crippen LogP) is 1.39. The third-order valence-electron chi connectivity index (χ3n) is 3.71. The van der Waals surface area contributed by atoms with E-state index in [0.29, 0.717) is 35.4 Å². The van der Waals surface area contributed by atoms with Gasteiger partial charge in [-0.1, -0.05) is 12.1 Å². The third kappa shape index (κ3) is 2.40. The van der Waals surface area contributed by atoms with Crippen LogP contribution in [0.1, 0.15) is 0 Å². The molecule has 9 heteroatoms. The Bertz CT molecular complexity index is 1010. The Morgan fingerprint density at radius 3 is 2.92 bits per heavy atom. The van der Waals surface area contributed by atoms with E-state index in [-0.39, 0.29) is 6.61 Å². The van der Waals surface area contributed by atoms with Crippen LogP contribution in [0.4, 0.5) is 17.7 Å². The second-order valence-corrected chi connectivity index (χ2v) is 5.26. The van der Waals surface area contributed by atoms with Crippen LogP contribution in [0.5, 0.6) is 0 Å². The molecule has 0 fully saturated rings. The van der Waals surface area contributed by atoms with Crippen molar-refractivity contribution in [1.29, 1.82) is 0 Å². The molecule has 0 saturated heterocycles. The number of anilines is 3. The van der Waals surface area contributed by atoms with Crippen LogP contribution in [-0.4, -0.2) is 47.7 Å². The standard InChI is InChI=1S/C15H16N8O/c1-23-10-5-3-2-4-9(10)19-15(23)22-14-20-11-12(16-6-7-24)17-8-18-13(11)21-14/h2-5,8,24H,6-7H2,1H3,(H3,16,17,18,19,20,21,22). The summed E-state index contributed by atoms with van der Waals surface area (Å²) < 4.78 is 1.96. The minimum atomic E-state index is 0.0185. The second kappa shape index (κ2) is 5.78. The molecule has 0 aliphatic rings. The molecule has 0 unspecified atom stereocenters. The lowest BCUT2D eigenvalue weighted by atomic mass is 10.3. The number of imidazole rings is 2. The Labute approximate surface area is 136 Å². The van der Waals surface area contributed by atoms with Crippen molar-refractivity contribution in [1.82, 2.24) is 29.5 Å². The summed E-state index contributed by atoms with van der Waals surface area (Å²) in [5.41, 5.74) is 3.14. The smallest absolute Gasteiger partial charge is 0.210 e. The Hall–Kier alpha value is -3.20. The maximum Gasteiger partial charge on any atom is 0.210 e. The van der Waals surface area contributed by atoms with Crippen LogP contribution in [0.2, 0.25) is 0 Å². The highest BCUT2D eigenvalue weighted by molar-refractivity contribution is 5.85. The van der Waals surface area contributed by atoms with Crippen LogP contribution in [-0.2, 0) is 7.05 Å². The number of nitrogens with zero attached hydrogens (tertiary/aromatic N) is 5. The molecule has 4 N–H and O–H groups in total. The van der Waals surface area contributed by atoms with Crippen LogP contribution in [0.25, 0.3) is 22.2 Å². The zero-order valence-corrected chi connectivity index (χ0v) is 13.0. The topological polar surface area (TPSA) is 117 Å². The first-order valence-electron chi connectivity index (χ1n) is 7.50. The fraction of sp³-hybridized carbons (Fsp3) is 0.200. The van der Waals surface area contributed by atoms with Crippen LogP contribution in [0, 0.1) is 0 Å². The Morgan fingerprint density at radius 1 is 1.21 bits per heavy atom. The number of para-hydroxylation sites is 2. The number of H-pyrrole nitrogens is 1. The lowest BCUT2D eigenvalue weighted by Gasteiger charge is -2.03. The van der Waals surface area contributed by atoms with Gasteiger partial charge in [0.2, 0.25) is 11.9 Å². The van der Waals surface area contributed by atoms with E-state index in [2.05, 4.69) is 35.6 Å². The molecule has 1 aromatic carbocycles. The molecular formula is C15H16N8O. The minimum Gasteiger partial charge on any atom is -0.395 e. The van der Waals surface area contributed by atoms with Crippen molar-refractivity contribution in [3.05, 3.63) is 30.6 Å². The molecule has 0 aliphatic carbocycles. The van der Waals surface area contributed by atoms with Gasteiger partial charge < -0.3 is 20.0 Å². The summed E-state index contributed by atoms with van der Waals surface area (Å²) in [6, 6.07) is 7.90. The van der Waals surface area contributed by atoms with Crippen LogP contribution >= 0.6 is 0 Å². The molecule has 122 valence electrons. The first-order chi connectivity index (χ1) is 11.8. The molecular weight excluding hydrogens is 308 g/mol. The van der Waals surface area contributed by atoms with Crippen molar-refractivity contribution in [2.45, 2.75) is 0 Å². The van der Waals surface area contributed by atoms with Gasteiger partial charge in [-0.3, -0.25) is 5.32 Å². The summed E-state index contributed by atoms with van der Waals surface area (Å²) >= 11 is 0. The number of nitrogens with one attached hydrogen (secondary N) is 3. The van der Waals surface area contributed by atoms with Gasteiger partial charge in [0.1, 0.15) is 11.8 Å². The Morgan fingerprint density at radius 2 is 2.08 bits per heavy atom. The van der Waals surface area contributed by atoms with E-state index >= 15 is 0 Å². The number of hydrogen-bond donors (Lipinski definition) is 4. The molecule has 4 rings (SSSR count). The van der Waals surface area contributed by atoms with Gasteiger partial charge in [-0.05, 0) is 12.1 Å². The number of aromatic amines is 1. The van der Waals surface area contributed by atoms with Crippen molar-refractivity contribution in [3.8, 4) is 0 Å². The average molecular weight is 324 g/mol. The lowest BCUT2D eigenvalue weighted by molar-refractivity contribution is 0.311. The molecule has 0 amide bonds. The normalized spacial score (nSPS) is 11.2. The fourth-order valence-electron chi connectivity index (χ4n) is 2.56. The molecule has 4 aromatic rings. The van der Waals surface area contributed by atoms with Crippen LogP contribution in [0.3, 0.4) is 0 Å². The first-order valence-corrected chi connectivity index (χ1v) is 7.50. The maximum absolute atomic E-state index is 8.94. The van der Waals surface area contributed by atoms with Gasteiger partial charge in [-0.25, -0.2) is 15.0 Å². The predicted molar refractivity (Wildman–Crippen MR) is 91.3 cm³/mol. The molecule has 0 atom stereocenters. The van der Waals surface area contributed by atoms with E-state index in [1.165, 1.54) is 6.33 Å². The summed E-state index contributed by atoms with van der Waals surface area (Å²) in [5.74, 6) is 1.80. The summed E-state index contributed by atoms with van der Waals surface area (Å²) in [6.07, 6.45) is 1.43. The number of aryl methyl sites for hydroxylation is 1. The largest absolute Gasteiger partial charge is 0.395 e. The molecule has 3 heterocycles. The van der Waals surface area contributed by atoms with E-state index in [1.54, 1.807) is 0 Å². The highest BCUT2D eigenvalue weighted by Gasteiger charge is 2.12. The van der Waals surface area contributed by atoms with Crippen molar-refractivity contribution < 1.29 is 5.11 Å². The molecule has 0 saturated carbocycles. The fourth-order valence-corrected chi connectivity index (χ4v) is 2.56. The van der Waals surface area contributed by atoms with Crippen molar-refractivity contribution in [2.24, 2.45) is 7.05 Å². The van der Waals surface area contributed by atoms with Crippen molar-refractivity contribution in [2.75, 3.05) is 23.8 Å². The van der Waals surface area contributed by atoms with Gasteiger partial charge in [0.15, 0.2) is 11.5 Å². The minimum absolute atomic E-state index is 0.0185. The average Bonchev–Trinajstić information content (AvgIpc) is 3.15. The highest BCUT2D eigenvalue weighted by Crippen LogP contribution is 2.23. The van der Waals surface area contributed by atoms with Gasteiger partial charge in [-0.2, -0.15) is 4.98 Å². The van der Waals surface area contributed by atoms with Gasteiger partial charge in [0.05, 0.1) is 17.6 Å². The monoisotopic (exact) mass is 324 g/mol. The van der Waals surface area contributed by atoms with E-state index in [1.807, 2.05) is 35.9 Å². The van der Waals surface area contributed by atoms with E-state index < -0.39 is 0 Å². The third-order valence-corrected chi connectivity index (χ3v) is 3.71. The quantitative estimate of drug-likeness (QED) is 0.438. The van der Waals surface area contributed by atoms with Gasteiger partial charge >= 0.3 is 0 Å². The molecule has 0 bridgehead atoms. The van der Waals surface area contributed by atoms with Gasteiger partial charge in [0.25, 0.3) is 0 Å². The summed E-state index contributed by atoms with van der Waals surface area (Å²) in [4.78, 5) is 20.4. The highest BCUT2D eigenvalue weighted by atomic mass is 16.3. The Balaban J connectivity index is 1.70. The summed E-state index contributed by atoms with van der Waals surface area (Å²) in [7, 11) is 1.94. The molecule has 0 radical (unpaired) electrons. The SMILES string of the molecule is Cn1c(Nc2nc3ncnc(NCCO)c3[nH]2)nc2ccccc21. The van der Waals surface area contributed by atoms with Gasteiger partial charge in [0, 0.05) is 13.6 Å². The second-order valence-electron chi connectivity index (χ2n) is 5.26. The van der Waals surface area contributed by atoms with Gasteiger partial charge in [-0.15, -0.1) is 0 Å². The zero-order valence-electron chi connectivity index (χ0n) is 13.0. The van der Waals surface area contributed by atoms with Crippen molar-refractivity contribution in [3.63, 3.8) is 0 Å². The molecule has 24 heavy (non-hydrogen) atoms. The molecule has 0 spiro atoms. The summed E-state index contributed by atoms with van der Waals surface area (Å²) in [5, 5.41) is 15.1. The number of aliphatic hydroxyl groups is 1. The Kier molecular flexibility index (Phi) is 3.47. The number of aliphatic hydroxyl groups excluding tert-OH is 1. The molecule has 3 aromatic heterocycles. The number of benzene rings is 1. The van der Waals surface area contributed by atoms with E-state index in [9.17, 15) is 0 Å². The van der Waals surface area contributed by atoms with Crippen LogP contribution < -0.4 is 10.6 Å².